The van der Waals surface area contributed by atoms with Gasteiger partial charge in [0.1, 0.15) is 24.5 Å². The van der Waals surface area contributed by atoms with Crippen molar-refractivity contribution in [2.45, 2.75) is 143 Å². The number of aliphatic hydroxyl groups is 1. The Labute approximate surface area is 604 Å². The number of ketones is 2. The van der Waals surface area contributed by atoms with Crippen LogP contribution in [0.2, 0.25) is 0 Å². The Morgan fingerprint density at radius 3 is 0.961 bits per heavy atom. The van der Waals surface area contributed by atoms with E-state index in [2.05, 4.69) is 201 Å². The first kappa shape index (κ1) is 80.2. The van der Waals surface area contributed by atoms with Crippen molar-refractivity contribution in [3.05, 3.63) is 201 Å². The third-order valence-electron chi connectivity index (χ3n) is 18.6. The van der Waals surface area contributed by atoms with E-state index in [4.69, 9.17) is 5.11 Å². The molecule has 0 spiro atoms. The Kier molecular flexibility index (Phi) is 26.3. The van der Waals surface area contributed by atoms with Gasteiger partial charge < -0.3 is 43.3 Å². The van der Waals surface area contributed by atoms with Crippen molar-refractivity contribution in [2.24, 2.45) is 46.3 Å². The van der Waals surface area contributed by atoms with Crippen molar-refractivity contribution in [1.29, 1.82) is 0 Å². The predicted octanol–water partition coefficient (Wildman–Crippen LogP) is 13.3. The Balaban J connectivity index is 0.000000166. The second-order valence-electron chi connectivity index (χ2n) is 26.3. The number of hydrogen-bond donors (Lipinski definition) is 1. The summed E-state index contributed by atoms with van der Waals surface area (Å²) in [7, 11) is -0.0293. The Morgan fingerprint density at radius 2 is 0.716 bits per heavy atom. The second kappa shape index (κ2) is 33.5. The van der Waals surface area contributed by atoms with Crippen LogP contribution in [0.3, 0.4) is 0 Å². The van der Waals surface area contributed by atoms with Crippen LogP contribution in [0.25, 0.3) is 0 Å². The molecule has 8 fully saturated rings. The first-order valence-corrected chi connectivity index (χ1v) is 34.9. The number of halogens is 13. The number of imidazole rings is 1. The van der Waals surface area contributed by atoms with E-state index in [-0.39, 0.29) is 125 Å². The smallest absolute Gasteiger partial charge is 0.376 e. The molecule has 0 saturated heterocycles. The molecule has 27 heteroatoms. The van der Waals surface area contributed by atoms with Crippen molar-refractivity contribution in [1.82, 2.24) is 9.55 Å². The number of hydrogen-bond acceptors (Lipinski definition) is 11. The number of nitrogens with zero attached hydrogens (tertiary/aromatic N) is 2. The number of carbonyl (C=O) groups excluding carboxylic acids is 6. The molecule has 1 N–H and O–H groups in total. The van der Waals surface area contributed by atoms with Gasteiger partial charge >= 0.3 is 59.4 Å². The molecular formula is C75H74F12IN2O10S2+. The third kappa shape index (κ3) is 19.3. The van der Waals surface area contributed by atoms with Gasteiger partial charge in [0.25, 0.3) is 0 Å². The summed E-state index contributed by atoms with van der Waals surface area (Å²) in [6, 6.07) is 64.3. The largest absolute Gasteiger partial charge is 1.00 e. The molecule has 4 unspecified atom stereocenters. The highest BCUT2D eigenvalue weighted by molar-refractivity contribution is 7.97. The zero-order chi connectivity index (χ0) is 73.2. The molecule has 0 radical (unpaired) electrons. The van der Waals surface area contributed by atoms with Crippen molar-refractivity contribution in [3.63, 3.8) is 0 Å². The van der Waals surface area contributed by atoms with Crippen LogP contribution in [0.1, 0.15) is 82.9 Å². The minimum absolute atomic E-state index is 0. The van der Waals surface area contributed by atoms with Gasteiger partial charge in [-0.3, -0.25) is 28.5 Å². The quantitative estimate of drug-likeness (QED) is 0.0269. The lowest BCUT2D eigenvalue weighted by atomic mass is 9.49. The van der Waals surface area contributed by atoms with E-state index in [1.807, 2.05) is 0 Å². The molecule has 15 rings (SSSR count). The highest BCUT2D eigenvalue weighted by Crippen LogP contribution is 2.61. The number of ether oxygens (including phenoxy) is 3. The van der Waals surface area contributed by atoms with E-state index in [9.17, 15) is 81.5 Å². The minimum Gasteiger partial charge on any atom is -1.00 e. The van der Waals surface area contributed by atoms with Gasteiger partial charge in [0.2, 0.25) is 0 Å². The van der Waals surface area contributed by atoms with Gasteiger partial charge in [0, 0.05) is 49.9 Å². The van der Waals surface area contributed by atoms with Crippen LogP contribution < -0.4 is 24.0 Å². The maximum Gasteiger partial charge on any atom is 0.376 e. The van der Waals surface area contributed by atoms with Crippen LogP contribution in [0, 0.1) is 46.3 Å². The number of aliphatic hydroxyl groups excluding tert-OH is 1. The lowest BCUT2D eigenvalue weighted by molar-refractivity contribution is -0.253. The first-order chi connectivity index (χ1) is 47.7. The standard InChI is InChI=1S/C18H20F6O5.2C18H15S.C15H18F4O4.C6H6F2N2O.HI/c1-15(19,20)13(26)28-7-17(21,22)18(23,24)8-29-14(27)16-4-9-2-10(5-16)12(25)11(3-9)6-16;2*1-4-10-16(11-5-1)19(17-12-6-2-7-13-17)18-14-8-3-9-15-18;16-14(17,6-20)15(18,19)7-23-12(22)13-3-8-1-9(4-13)11(21)10(2-8)5-13;1-6(7,8)5(11)10-3-2-9-4-10;/h9-11H,2-8H2,1H3;2*1-15H;8-10,20H,1-7H2;2-4H,1H3;1H/q;2*+1;;;/p-1. The fourth-order valence-electron chi connectivity index (χ4n) is 14.1. The molecule has 1 aromatic heterocycles. The van der Waals surface area contributed by atoms with E-state index in [1.165, 1.54) is 41.8 Å². The average Bonchev–Trinajstić information content (AvgIpc) is 0.753. The lowest BCUT2D eigenvalue weighted by Gasteiger charge is -2.54. The lowest BCUT2D eigenvalue weighted by Crippen LogP contribution is -3.00. The second-order valence-corrected chi connectivity index (χ2v) is 30.4. The summed E-state index contributed by atoms with van der Waals surface area (Å²) >= 11 is 0. The molecule has 4 atom stereocenters. The molecule has 102 heavy (non-hydrogen) atoms. The van der Waals surface area contributed by atoms with E-state index in [0.717, 1.165) is 10.9 Å². The van der Waals surface area contributed by atoms with Crippen LogP contribution in [-0.4, -0.2) is 112 Å². The molecule has 0 amide bonds. The number of esters is 3. The Bertz CT molecular complexity index is 3580. The van der Waals surface area contributed by atoms with Gasteiger partial charge in [-0.25, -0.2) is 9.78 Å². The van der Waals surface area contributed by atoms with Gasteiger partial charge in [-0.1, -0.05) is 109 Å². The van der Waals surface area contributed by atoms with E-state index < -0.39 is 96.6 Å². The topological polar surface area (TPSA) is 168 Å². The molecule has 1 heterocycles. The zero-order valence-corrected chi connectivity index (χ0v) is 59.0. The van der Waals surface area contributed by atoms with Crippen molar-refractivity contribution >= 4 is 57.2 Å². The summed E-state index contributed by atoms with van der Waals surface area (Å²) in [4.78, 5) is 82.1. The molecule has 6 aromatic carbocycles. The fraction of sp³-hybridized carbons (Fsp3) is 0.400. The molecule has 7 aromatic rings. The summed E-state index contributed by atoms with van der Waals surface area (Å²) in [5.74, 6) is -33.0. The van der Waals surface area contributed by atoms with Crippen molar-refractivity contribution < 1.29 is 125 Å². The predicted molar refractivity (Wildman–Crippen MR) is 349 cm³/mol. The molecular weight excluding hydrogens is 1510 g/mol. The first-order valence-electron chi connectivity index (χ1n) is 32.5. The van der Waals surface area contributed by atoms with Crippen molar-refractivity contribution in [3.8, 4) is 0 Å². The summed E-state index contributed by atoms with van der Waals surface area (Å²) in [6.45, 7) is -7.45. The van der Waals surface area contributed by atoms with Crippen LogP contribution in [0.5, 0.6) is 0 Å². The number of alkyl halides is 12. The maximum absolute atomic E-state index is 13.9. The number of rotatable bonds is 19. The van der Waals surface area contributed by atoms with Crippen LogP contribution in [0.4, 0.5) is 52.7 Å². The summed E-state index contributed by atoms with van der Waals surface area (Å²) < 4.78 is 171. The minimum atomic E-state index is -5.02. The number of Topliss-reactive ketones (excluding diaryl/α,β-unsaturated/α-hetero) is 2. The van der Waals surface area contributed by atoms with Gasteiger partial charge in [0.15, 0.2) is 49.2 Å². The third-order valence-corrected chi connectivity index (χ3v) is 23.1. The van der Waals surface area contributed by atoms with E-state index >= 15 is 0 Å². The summed E-state index contributed by atoms with van der Waals surface area (Å²) in [6.07, 6.45) is 7.84. The highest BCUT2D eigenvalue weighted by atomic mass is 127. The summed E-state index contributed by atoms with van der Waals surface area (Å²) in [5.41, 5.74) is -2.12. The average molecular weight is 1580 g/mol. The number of carbonyl (C=O) groups is 6. The Morgan fingerprint density at radius 1 is 0.441 bits per heavy atom. The van der Waals surface area contributed by atoms with Crippen LogP contribution in [0.15, 0.2) is 230 Å². The number of benzene rings is 6. The van der Waals surface area contributed by atoms with Gasteiger partial charge in [0.05, 0.1) is 32.6 Å². The maximum atomic E-state index is 13.9. The number of aromatic nitrogens is 2. The zero-order valence-electron chi connectivity index (χ0n) is 55.2. The summed E-state index contributed by atoms with van der Waals surface area (Å²) in [5, 5.41) is 8.35. The molecule has 8 bridgehead atoms. The van der Waals surface area contributed by atoms with Crippen LogP contribution in [-0.2, 0) is 60.0 Å². The van der Waals surface area contributed by atoms with Gasteiger partial charge in [-0.05, 0) is 149 Å². The van der Waals surface area contributed by atoms with E-state index in [0.29, 0.717) is 45.4 Å². The van der Waals surface area contributed by atoms with Crippen molar-refractivity contribution in [2.75, 3.05) is 26.4 Å². The fourth-order valence-corrected chi connectivity index (χ4v) is 18.3. The normalized spacial score (nSPS) is 22.4. The molecule has 8 aliphatic carbocycles. The molecule has 546 valence electrons. The van der Waals surface area contributed by atoms with Gasteiger partial charge in [-0.2, -0.15) is 52.7 Å². The molecule has 8 aliphatic rings. The van der Waals surface area contributed by atoms with Crippen LogP contribution >= 0.6 is 0 Å². The highest BCUT2D eigenvalue weighted by Gasteiger charge is 2.64. The molecule has 0 aliphatic heterocycles. The molecule has 12 nitrogen and oxygen atoms in total. The van der Waals surface area contributed by atoms with E-state index in [1.54, 1.807) is 0 Å². The molecule has 8 saturated carbocycles. The van der Waals surface area contributed by atoms with Gasteiger partial charge in [-0.15, -0.1) is 0 Å². The SMILES string of the molecule is CC(F)(F)C(=O)OCC(F)(F)C(F)(F)COC(=O)C12CC3CC(C1)C(=O)C(C3)C2.CC(F)(F)C(=O)n1ccnc1.O=C1C2CC3CC1CC(C(=O)OCC(F)(F)C(F)(F)CO)(C3)C2.[I-].c1ccc([S+](c2ccccc2)c2ccccc2)cc1.c1ccc([S+](c2ccccc2)c2ccccc2)cc1. The Hall–Kier alpha value is -7.50. The monoisotopic (exact) mass is 1580 g/mol.